The van der Waals surface area contributed by atoms with Gasteiger partial charge in [-0.15, -0.1) is 0 Å². The number of rotatable bonds is 11. The van der Waals surface area contributed by atoms with Gasteiger partial charge in [-0.3, -0.25) is 13.9 Å². The third kappa shape index (κ3) is 7.82. The topological polar surface area (TPSA) is 96.0 Å². The Labute approximate surface area is 218 Å². The van der Waals surface area contributed by atoms with Gasteiger partial charge in [0.15, 0.2) is 0 Å². The molecule has 0 aliphatic rings. The molecule has 1 atom stereocenters. The summed E-state index contributed by atoms with van der Waals surface area (Å²) in [6, 6.07) is 22.5. The van der Waals surface area contributed by atoms with Gasteiger partial charge in [0.1, 0.15) is 24.1 Å². The molecule has 0 fully saturated rings. The minimum Gasteiger partial charge on any atom is -0.457 e. The summed E-state index contributed by atoms with van der Waals surface area (Å²) in [6.45, 7) is 5.52. The molecule has 0 radical (unpaired) electrons. The van der Waals surface area contributed by atoms with Crippen molar-refractivity contribution in [2.24, 2.45) is 0 Å². The van der Waals surface area contributed by atoms with Gasteiger partial charge in [-0.2, -0.15) is 0 Å². The Kier molecular flexibility index (Phi) is 9.30. The lowest BCUT2D eigenvalue weighted by molar-refractivity contribution is -0.139. The first-order valence-corrected chi connectivity index (χ1v) is 13.9. The second kappa shape index (κ2) is 12.4. The van der Waals surface area contributed by atoms with Crippen molar-refractivity contribution >= 4 is 27.5 Å². The Bertz CT molecular complexity index is 1310. The van der Waals surface area contributed by atoms with E-state index in [0.29, 0.717) is 23.7 Å². The molecule has 0 spiro atoms. The highest BCUT2D eigenvalue weighted by Gasteiger charge is 2.30. The molecule has 0 aliphatic heterocycles. The van der Waals surface area contributed by atoms with Gasteiger partial charge in [0.2, 0.25) is 21.8 Å². The lowest BCUT2D eigenvalue weighted by Gasteiger charge is -2.31. The highest BCUT2D eigenvalue weighted by atomic mass is 32.2. The van der Waals surface area contributed by atoms with Crippen LogP contribution in [0.3, 0.4) is 0 Å². The number of carbonyl (C=O) groups is 2. The first kappa shape index (κ1) is 27.7. The molecule has 0 bridgehead atoms. The van der Waals surface area contributed by atoms with Gasteiger partial charge in [0, 0.05) is 13.1 Å². The van der Waals surface area contributed by atoms with Crippen molar-refractivity contribution in [1.82, 2.24) is 10.2 Å². The monoisotopic (exact) mass is 523 g/mol. The lowest BCUT2D eigenvalue weighted by Crippen LogP contribution is -2.51. The van der Waals surface area contributed by atoms with Crippen LogP contribution in [-0.2, 0) is 26.2 Å². The van der Waals surface area contributed by atoms with Crippen molar-refractivity contribution in [3.05, 3.63) is 90.0 Å². The van der Waals surface area contributed by atoms with Gasteiger partial charge in [0.25, 0.3) is 0 Å². The van der Waals surface area contributed by atoms with Crippen LogP contribution in [0.4, 0.5) is 5.69 Å². The summed E-state index contributed by atoms with van der Waals surface area (Å²) in [6.07, 6.45) is 1.05. The van der Waals surface area contributed by atoms with Crippen LogP contribution in [0.5, 0.6) is 11.5 Å². The maximum absolute atomic E-state index is 13.5. The molecule has 0 saturated carbocycles. The molecule has 3 aromatic rings. The molecule has 9 heteroatoms. The smallest absolute Gasteiger partial charge is 0.244 e. The number of amides is 2. The first-order chi connectivity index (χ1) is 17.6. The standard InChI is InChI=1S/C28H33N3O5S/c1-5-29-28(33)22(3)30(19-23-11-9-10-21(2)18-23)27(32)20-31(37(4,34)35)24-14-16-26(17-15-24)36-25-12-7-6-8-13-25/h6-18,22H,5,19-20H2,1-4H3,(H,29,33)/t22-/m0/s1. The second-order valence-electron chi connectivity index (χ2n) is 8.76. The van der Waals surface area contributed by atoms with Gasteiger partial charge in [-0.1, -0.05) is 48.0 Å². The number of nitrogens with zero attached hydrogens (tertiary/aromatic N) is 2. The van der Waals surface area contributed by atoms with Crippen molar-refractivity contribution in [2.45, 2.75) is 33.4 Å². The van der Waals surface area contributed by atoms with Gasteiger partial charge in [0.05, 0.1) is 11.9 Å². The fourth-order valence-electron chi connectivity index (χ4n) is 3.83. The predicted molar refractivity (Wildman–Crippen MR) is 145 cm³/mol. The van der Waals surface area contributed by atoms with Crippen LogP contribution in [0.15, 0.2) is 78.9 Å². The molecular weight excluding hydrogens is 490 g/mol. The summed E-state index contributed by atoms with van der Waals surface area (Å²) in [5.74, 6) is 0.379. The van der Waals surface area contributed by atoms with E-state index in [-0.39, 0.29) is 12.5 Å². The van der Waals surface area contributed by atoms with Gasteiger partial charge < -0.3 is 15.0 Å². The maximum Gasteiger partial charge on any atom is 0.244 e. The molecule has 0 heterocycles. The lowest BCUT2D eigenvalue weighted by atomic mass is 10.1. The zero-order chi connectivity index (χ0) is 27.0. The Morgan fingerprint density at radius 1 is 0.946 bits per heavy atom. The normalized spacial score (nSPS) is 11.9. The molecule has 0 unspecified atom stereocenters. The Morgan fingerprint density at radius 2 is 1.59 bits per heavy atom. The maximum atomic E-state index is 13.5. The quantitative estimate of drug-likeness (QED) is 0.408. The summed E-state index contributed by atoms with van der Waals surface area (Å²) in [7, 11) is -3.81. The number of carbonyl (C=O) groups excluding carboxylic acids is 2. The largest absolute Gasteiger partial charge is 0.457 e. The van der Waals surface area contributed by atoms with Crippen molar-refractivity contribution in [2.75, 3.05) is 23.7 Å². The van der Waals surface area contributed by atoms with Crippen molar-refractivity contribution in [1.29, 1.82) is 0 Å². The fourth-order valence-corrected chi connectivity index (χ4v) is 4.68. The van der Waals surface area contributed by atoms with Crippen molar-refractivity contribution < 1.29 is 22.7 Å². The number of benzene rings is 3. The summed E-state index contributed by atoms with van der Waals surface area (Å²) >= 11 is 0. The fraction of sp³-hybridized carbons (Fsp3) is 0.286. The van der Waals surface area contributed by atoms with E-state index >= 15 is 0 Å². The number of likely N-dealkylation sites (N-methyl/N-ethyl adjacent to an activating group) is 1. The Hall–Kier alpha value is -3.85. The molecule has 0 saturated heterocycles. The van der Waals surface area contributed by atoms with E-state index in [4.69, 9.17) is 4.74 Å². The van der Waals surface area contributed by atoms with Gasteiger partial charge >= 0.3 is 0 Å². The minimum atomic E-state index is -3.81. The van der Waals surface area contributed by atoms with Crippen LogP contribution in [0.1, 0.15) is 25.0 Å². The number of nitrogens with one attached hydrogen (secondary N) is 1. The molecular formula is C28H33N3O5S. The van der Waals surface area contributed by atoms with E-state index in [1.165, 1.54) is 4.90 Å². The summed E-state index contributed by atoms with van der Waals surface area (Å²) < 4.78 is 32.3. The predicted octanol–water partition coefficient (Wildman–Crippen LogP) is 4.11. The Morgan fingerprint density at radius 3 is 2.19 bits per heavy atom. The number of sulfonamides is 1. The molecule has 196 valence electrons. The molecule has 8 nitrogen and oxygen atoms in total. The average Bonchev–Trinajstić information content (AvgIpc) is 2.86. The minimum absolute atomic E-state index is 0.167. The number of ether oxygens (including phenoxy) is 1. The zero-order valence-electron chi connectivity index (χ0n) is 21.5. The average molecular weight is 524 g/mol. The molecule has 3 aromatic carbocycles. The third-order valence-corrected chi connectivity index (χ3v) is 6.88. The molecule has 37 heavy (non-hydrogen) atoms. The van der Waals surface area contributed by atoms with E-state index < -0.39 is 28.5 Å². The summed E-state index contributed by atoms with van der Waals surface area (Å²) in [5.41, 5.74) is 2.18. The van der Waals surface area contributed by atoms with E-state index in [1.54, 1.807) is 38.1 Å². The van der Waals surface area contributed by atoms with E-state index in [9.17, 15) is 18.0 Å². The summed E-state index contributed by atoms with van der Waals surface area (Å²) in [5, 5.41) is 2.74. The van der Waals surface area contributed by atoms with Crippen LogP contribution < -0.4 is 14.4 Å². The van der Waals surface area contributed by atoms with Crippen LogP contribution in [0, 0.1) is 6.92 Å². The molecule has 0 aliphatic carbocycles. The Balaban J connectivity index is 1.85. The highest BCUT2D eigenvalue weighted by molar-refractivity contribution is 7.92. The van der Waals surface area contributed by atoms with Crippen molar-refractivity contribution in [3.63, 3.8) is 0 Å². The van der Waals surface area contributed by atoms with E-state index in [2.05, 4.69) is 5.32 Å². The van der Waals surface area contributed by atoms with E-state index in [0.717, 1.165) is 21.7 Å². The molecule has 1 N–H and O–H groups in total. The molecule has 3 rings (SSSR count). The van der Waals surface area contributed by atoms with E-state index in [1.807, 2.05) is 61.5 Å². The first-order valence-electron chi connectivity index (χ1n) is 12.0. The van der Waals surface area contributed by atoms with Crippen LogP contribution in [-0.4, -0.2) is 50.5 Å². The number of para-hydroxylation sites is 1. The number of hydrogen-bond donors (Lipinski definition) is 1. The molecule has 2 amide bonds. The second-order valence-corrected chi connectivity index (χ2v) is 10.7. The number of aryl methyl sites for hydroxylation is 1. The van der Waals surface area contributed by atoms with Crippen LogP contribution in [0.2, 0.25) is 0 Å². The van der Waals surface area contributed by atoms with Crippen LogP contribution >= 0.6 is 0 Å². The summed E-state index contributed by atoms with van der Waals surface area (Å²) in [4.78, 5) is 27.6. The van der Waals surface area contributed by atoms with Crippen LogP contribution in [0.25, 0.3) is 0 Å². The zero-order valence-corrected chi connectivity index (χ0v) is 22.4. The van der Waals surface area contributed by atoms with Gasteiger partial charge in [-0.05, 0) is 62.7 Å². The molecule has 0 aromatic heterocycles. The SMILES string of the molecule is CCNC(=O)[C@H](C)N(Cc1cccc(C)c1)C(=O)CN(c1ccc(Oc2ccccc2)cc1)S(C)(=O)=O. The highest BCUT2D eigenvalue weighted by Crippen LogP contribution is 2.26. The number of anilines is 1. The van der Waals surface area contributed by atoms with Gasteiger partial charge in [-0.25, -0.2) is 8.42 Å². The van der Waals surface area contributed by atoms with Crippen molar-refractivity contribution in [3.8, 4) is 11.5 Å². The third-order valence-electron chi connectivity index (χ3n) is 5.74. The number of hydrogen-bond acceptors (Lipinski definition) is 5.